The van der Waals surface area contributed by atoms with Gasteiger partial charge in [-0.25, -0.2) is 0 Å². The summed E-state index contributed by atoms with van der Waals surface area (Å²) in [6.45, 7) is 10.2. The van der Waals surface area contributed by atoms with E-state index >= 15 is 0 Å². The summed E-state index contributed by atoms with van der Waals surface area (Å²) < 4.78 is 5.35. The third-order valence-electron chi connectivity index (χ3n) is 3.60. The molecule has 1 aliphatic rings. The topological polar surface area (TPSA) is 26.3 Å². The van der Waals surface area contributed by atoms with Gasteiger partial charge >= 0.3 is 0 Å². The Bertz CT molecular complexity index is 209. The van der Waals surface area contributed by atoms with Crippen molar-refractivity contribution < 1.29 is 9.53 Å². The van der Waals surface area contributed by atoms with E-state index in [4.69, 9.17) is 4.74 Å². The summed E-state index contributed by atoms with van der Waals surface area (Å²) in [5, 5.41) is 0. The molecule has 0 bridgehead atoms. The van der Waals surface area contributed by atoms with Crippen LogP contribution in [0.2, 0.25) is 0 Å². The molecular weight excluding hydrogens is 188 g/mol. The van der Waals surface area contributed by atoms with Crippen LogP contribution in [-0.4, -0.2) is 19.0 Å². The number of carbonyl (C=O) groups excluding carboxylic acids is 1. The molecule has 88 valence electrons. The van der Waals surface area contributed by atoms with Gasteiger partial charge in [0.1, 0.15) is 5.78 Å². The van der Waals surface area contributed by atoms with E-state index < -0.39 is 0 Å². The summed E-state index contributed by atoms with van der Waals surface area (Å²) in [7, 11) is 0. The standard InChI is InChI=1S/C13H24O2/c1-10(13(2,3)4)8-12(14)11-6-5-7-15-9-11/h10-11H,5-9H2,1-4H3. The Labute approximate surface area is 93.4 Å². The van der Waals surface area contributed by atoms with Crippen LogP contribution in [0.4, 0.5) is 0 Å². The number of Topliss-reactive ketones (excluding diaryl/α,β-unsaturated/α-hetero) is 1. The van der Waals surface area contributed by atoms with Gasteiger partial charge in [0.2, 0.25) is 0 Å². The molecule has 15 heavy (non-hydrogen) atoms. The van der Waals surface area contributed by atoms with Crippen molar-refractivity contribution in [3.63, 3.8) is 0 Å². The van der Waals surface area contributed by atoms with E-state index in [1.165, 1.54) is 0 Å². The van der Waals surface area contributed by atoms with Gasteiger partial charge in [0, 0.05) is 18.9 Å². The highest BCUT2D eigenvalue weighted by molar-refractivity contribution is 5.81. The van der Waals surface area contributed by atoms with Gasteiger partial charge in [0.15, 0.2) is 0 Å². The quantitative estimate of drug-likeness (QED) is 0.718. The molecule has 1 rings (SSSR count). The largest absolute Gasteiger partial charge is 0.381 e. The summed E-state index contributed by atoms with van der Waals surface area (Å²) in [5.41, 5.74) is 0.227. The number of rotatable bonds is 3. The lowest BCUT2D eigenvalue weighted by atomic mass is 9.77. The Balaban J connectivity index is 2.40. The summed E-state index contributed by atoms with van der Waals surface area (Å²) in [4.78, 5) is 12.0. The first kappa shape index (κ1) is 12.7. The average Bonchev–Trinajstić information content (AvgIpc) is 2.17. The fourth-order valence-electron chi connectivity index (χ4n) is 1.77. The van der Waals surface area contributed by atoms with E-state index in [2.05, 4.69) is 27.7 Å². The minimum atomic E-state index is 0.170. The van der Waals surface area contributed by atoms with Gasteiger partial charge < -0.3 is 4.74 Å². The highest BCUT2D eigenvalue weighted by Crippen LogP contribution is 2.30. The van der Waals surface area contributed by atoms with Crippen molar-refractivity contribution >= 4 is 5.78 Å². The zero-order valence-corrected chi connectivity index (χ0v) is 10.5. The predicted octanol–water partition coefficient (Wildman–Crippen LogP) is 3.05. The molecule has 2 atom stereocenters. The van der Waals surface area contributed by atoms with Crippen molar-refractivity contribution in [1.29, 1.82) is 0 Å². The van der Waals surface area contributed by atoms with Gasteiger partial charge in [-0.3, -0.25) is 4.79 Å². The molecule has 2 heteroatoms. The van der Waals surface area contributed by atoms with Crippen LogP contribution >= 0.6 is 0 Å². The van der Waals surface area contributed by atoms with Crippen LogP contribution in [0.1, 0.15) is 47.0 Å². The Morgan fingerprint density at radius 2 is 2.13 bits per heavy atom. The molecule has 1 aliphatic heterocycles. The van der Waals surface area contributed by atoms with E-state index in [-0.39, 0.29) is 11.3 Å². The minimum Gasteiger partial charge on any atom is -0.381 e. The monoisotopic (exact) mass is 212 g/mol. The number of ether oxygens (including phenoxy) is 1. The Morgan fingerprint density at radius 3 is 2.60 bits per heavy atom. The summed E-state index contributed by atoms with van der Waals surface area (Å²) in [5.74, 6) is 1.02. The lowest BCUT2D eigenvalue weighted by molar-refractivity contribution is -0.128. The molecule has 0 aromatic heterocycles. The van der Waals surface area contributed by atoms with Crippen molar-refractivity contribution in [3.8, 4) is 0 Å². The molecule has 1 saturated heterocycles. The van der Waals surface area contributed by atoms with E-state index in [9.17, 15) is 4.79 Å². The maximum Gasteiger partial charge on any atom is 0.138 e. The zero-order chi connectivity index (χ0) is 11.5. The van der Waals surface area contributed by atoms with Gasteiger partial charge in [-0.05, 0) is 24.2 Å². The minimum absolute atomic E-state index is 0.170. The molecule has 2 nitrogen and oxygen atoms in total. The fourth-order valence-corrected chi connectivity index (χ4v) is 1.77. The molecule has 0 saturated carbocycles. The zero-order valence-electron chi connectivity index (χ0n) is 10.5. The normalized spacial score (nSPS) is 24.9. The first-order chi connectivity index (χ1) is 6.91. The molecule has 0 radical (unpaired) electrons. The van der Waals surface area contributed by atoms with Gasteiger partial charge in [-0.15, -0.1) is 0 Å². The summed E-state index contributed by atoms with van der Waals surface area (Å²) in [6, 6.07) is 0. The van der Waals surface area contributed by atoms with Crippen LogP contribution in [0, 0.1) is 17.3 Å². The molecule has 1 fully saturated rings. The van der Waals surface area contributed by atoms with E-state index in [1.54, 1.807) is 0 Å². The third kappa shape index (κ3) is 3.94. The number of hydrogen-bond donors (Lipinski definition) is 0. The fraction of sp³-hybridized carbons (Fsp3) is 0.923. The third-order valence-corrected chi connectivity index (χ3v) is 3.60. The SMILES string of the molecule is CC(CC(=O)C1CCCOC1)C(C)(C)C. The van der Waals surface area contributed by atoms with Crippen molar-refractivity contribution in [2.45, 2.75) is 47.0 Å². The second-order valence-corrected chi connectivity index (χ2v) is 5.85. The number of ketones is 1. The van der Waals surface area contributed by atoms with E-state index in [1.807, 2.05) is 0 Å². The van der Waals surface area contributed by atoms with Crippen LogP contribution in [-0.2, 0) is 9.53 Å². The molecule has 0 N–H and O–H groups in total. The Morgan fingerprint density at radius 1 is 1.47 bits per heavy atom. The van der Waals surface area contributed by atoms with Crippen LogP contribution in [0.15, 0.2) is 0 Å². The molecule has 0 amide bonds. The van der Waals surface area contributed by atoms with Crippen molar-refractivity contribution in [2.75, 3.05) is 13.2 Å². The van der Waals surface area contributed by atoms with Crippen LogP contribution < -0.4 is 0 Å². The first-order valence-electron chi connectivity index (χ1n) is 6.01. The first-order valence-corrected chi connectivity index (χ1v) is 6.01. The van der Waals surface area contributed by atoms with Crippen LogP contribution in [0.3, 0.4) is 0 Å². The number of carbonyl (C=O) groups is 1. The molecule has 2 unspecified atom stereocenters. The smallest absolute Gasteiger partial charge is 0.138 e. The highest BCUT2D eigenvalue weighted by atomic mass is 16.5. The van der Waals surface area contributed by atoms with Gasteiger partial charge in [-0.1, -0.05) is 27.7 Å². The molecule has 0 aromatic rings. The van der Waals surface area contributed by atoms with Gasteiger partial charge in [-0.2, -0.15) is 0 Å². The summed E-state index contributed by atoms with van der Waals surface area (Å²) >= 11 is 0. The maximum absolute atomic E-state index is 12.0. The number of hydrogen-bond acceptors (Lipinski definition) is 2. The van der Waals surface area contributed by atoms with E-state index in [0.717, 1.165) is 19.4 Å². The Hall–Kier alpha value is -0.370. The van der Waals surface area contributed by atoms with Gasteiger partial charge in [0.05, 0.1) is 6.61 Å². The average molecular weight is 212 g/mol. The molecule has 0 spiro atoms. The molecule has 0 aromatic carbocycles. The van der Waals surface area contributed by atoms with Crippen LogP contribution in [0.5, 0.6) is 0 Å². The molecular formula is C13H24O2. The van der Waals surface area contributed by atoms with Gasteiger partial charge in [0.25, 0.3) is 0 Å². The second kappa shape index (κ2) is 5.11. The molecule has 0 aliphatic carbocycles. The lowest BCUT2D eigenvalue weighted by Gasteiger charge is -2.29. The predicted molar refractivity (Wildman–Crippen MR) is 61.8 cm³/mol. The highest BCUT2D eigenvalue weighted by Gasteiger charge is 2.27. The molecule has 1 heterocycles. The maximum atomic E-state index is 12.0. The Kier molecular flexibility index (Phi) is 4.32. The van der Waals surface area contributed by atoms with Crippen molar-refractivity contribution in [2.24, 2.45) is 17.3 Å². The van der Waals surface area contributed by atoms with Crippen LogP contribution in [0.25, 0.3) is 0 Å². The van der Waals surface area contributed by atoms with Crippen molar-refractivity contribution in [3.05, 3.63) is 0 Å². The lowest BCUT2D eigenvalue weighted by Crippen LogP contribution is -2.29. The van der Waals surface area contributed by atoms with E-state index in [0.29, 0.717) is 24.7 Å². The second-order valence-electron chi connectivity index (χ2n) is 5.85. The van der Waals surface area contributed by atoms with Crippen molar-refractivity contribution in [1.82, 2.24) is 0 Å². The summed E-state index contributed by atoms with van der Waals surface area (Å²) in [6.07, 6.45) is 2.77.